The van der Waals surface area contributed by atoms with E-state index in [2.05, 4.69) is 6.58 Å². The number of carbonyl (C=O) groups is 2. The lowest BCUT2D eigenvalue weighted by atomic mass is 10.0. The standard InChI is InChI=1S/C12H17NO3/c1-2-3-13(7-11(14)15)12(16)10-5-8-4-9(8)6-10/h2,8-10H,1,3-7H2,(H,14,15). The van der Waals surface area contributed by atoms with Crippen molar-refractivity contribution in [1.29, 1.82) is 0 Å². The lowest BCUT2D eigenvalue weighted by molar-refractivity contribution is -0.145. The summed E-state index contributed by atoms with van der Waals surface area (Å²) in [6.07, 6.45) is 4.76. The van der Waals surface area contributed by atoms with Crippen LogP contribution >= 0.6 is 0 Å². The highest BCUT2D eigenvalue weighted by molar-refractivity contribution is 5.83. The quantitative estimate of drug-likeness (QED) is 0.711. The van der Waals surface area contributed by atoms with Gasteiger partial charge in [0.15, 0.2) is 0 Å². The van der Waals surface area contributed by atoms with E-state index in [9.17, 15) is 9.59 Å². The second-order valence-corrected chi connectivity index (χ2v) is 4.83. The molecule has 0 aromatic carbocycles. The zero-order valence-electron chi connectivity index (χ0n) is 9.26. The average molecular weight is 223 g/mol. The molecule has 4 nitrogen and oxygen atoms in total. The Labute approximate surface area is 94.9 Å². The summed E-state index contributed by atoms with van der Waals surface area (Å²) < 4.78 is 0. The van der Waals surface area contributed by atoms with Crippen LogP contribution in [0.25, 0.3) is 0 Å². The maximum Gasteiger partial charge on any atom is 0.323 e. The Balaban J connectivity index is 1.93. The van der Waals surface area contributed by atoms with Gasteiger partial charge in [-0.3, -0.25) is 9.59 Å². The predicted octanol–water partition coefficient (Wildman–Crippen LogP) is 1.13. The van der Waals surface area contributed by atoms with Crippen molar-refractivity contribution in [2.24, 2.45) is 17.8 Å². The number of aliphatic carboxylic acids is 1. The number of amides is 1. The summed E-state index contributed by atoms with van der Waals surface area (Å²) in [6, 6.07) is 0. The van der Waals surface area contributed by atoms with Gasteiger partial charge in [0.05, 0.1) is 0 Å². The first-order valence-electron chi connectivity index (χ1n) is 5.73. The molecule has 2 aliphatic carbocycles. The first-order chi connectivity index (χ1) is 7.61. The van der Waals surface area contributed by atoms with Crippen molar-refractivity contribution in [3.63, 3.8) is 0 Å². The monoisotopic (exact) mass is 223 g/mol. The summed E-state index contributed by atoms with van der Waals surface area (Å²) in [6.45, 7) is 3.67. The molecule has 2 fully saturated rings. The van der Waals surface area contributed by atoms with Gasteiger partial charge in [-0.05, 0) is 31.1 Å². The first kappa shape index (κ1) is 11.2. The van der Waals surface area contributed by atoms with Crippen LogP contribution in [-0.2, 0) is 9.59 Å². The van der Waals surface area contributed by atoms with Crippen LogP contribution in [0.3, 0.4) is 0 Å². The third-order valence-electron chi connectivity index (χ3n) is 3.58. The van der Waals surface area contributed by atoms with Gasteiger partial charge in [0, 0.05) is 12.5 Å². The second-order valence-electron chi connectivity index (χ2n) is 4.83. The van der Waals surface area contributed by atoms with Crippen LogP contribution in [-0.4, -0.2) is 35.0 Å². The molecule has 2 atom stereocenters. The maximum absolute atomic E-state index is 12.1. The largest absolute Gasteiger partial charge is 0.480 e. The van der Waals surface area contributed by atoms with E-state index >= 15 is 0 Å². The molecule has 4 heteroatoms. The van der Waals surface area contributed by atoms with Crippen LogP contribution in [0.2, 0.25) is 0 Å². The van der Waals surface area contributed by atoms with Crippen LogP contribution < -0.4 is 0 Å². The van der Waals surface area contributed by atoms with E-state index in [-0.39, 0.29) is 18.4 Å². The van der Waals surface area contributed by atoms with Crippen LogP contribution in [0.15, 0.2) is 12.7 Å². The van der Waals surface area contributed by atoms with Crippen molar-refractivity contribution in [2.45, 2.75) is 19.3 Å². The Hall–Kier alpha value is -1.32. The number of carboxylic acids is 1. The summed E-state index contributed by atoms with van der Waals surface area (Å²) in [4.78, 5) is 24.1. The minimum atomic E-state index is -0.960. The van der Waals surface area contributed by atoms with Crippen molar-refractivity contribution < 1.29 is 14.7 Å². The van der Waals surface area contributed by atoms with Gasteiger partial charge in [0.2, 0.25) is 5.91 Å². The molecule has 0 aromatic heterocycles. The van der Waals surface area contributed by atoms with Gasteiger partial charge < -0.3 is 10.0 Å². The molecule has 0 radical (unpaired) electrons. The Kier molecular flexibility index (Phi) is 2.99. The topological polar surface area (TPSA) is 57.6 Å². The summed E-state index contributed by atoms with van der Waals surface area (Å²) in [5.74, 6) is 0.574. The molecular weight excluding hydrogens is 206 g/mol. The summed E-state index contributed by atoms with van der Waals surface area (Å²) in [5, 5.41) is 8.73. The van der Waals surface area contributed by atoms with Crippen molar-refractivity contribution in [2.75, 3.05) is 13.1 Å². The molecule has 88 valence electrons. The van der Waals surface area contributed by atoms with Crippen molar-refractivity contribution in [3.8, 4) is 0 Å². The Morgan fingerprint density at radius 1 is 1.31 bits per heavy atom. The van der Waals surface area contributed by atoms with Gasteiger partial charge in [0.1, 0.15) is 6.54 Å². The number of nitrogens with zero attached hydrogens (tertiary/aromatic N) is 1. The smallest absolute Gasteiger partial charge is 0.323 e. The highest BCUT2D eigenvalue weighted by atomic mass is 16.4. The molecule has 16 heavy (non-hydrogen) atoms. The fourth-order valence-corrected chi connectivity index (χ4v) is 2.73. The van der Waals surface area contributed by atoms with E-state index in [0.717, 1.165) is 24.7 Å². The Bertz CT molecular complexity index is 316. The molecule has 2 rings (SSSR count). The summed E-state index contributed by atoms with van der Waals surface area (Å²) in [7, 11) is 0. The predicted molar refractivity (Wildman–Crippen MR) is 58.7 cm³/mol. The summed E-state index contributed by atoms with van der Waals surface area (Å²) >= 11 is 0. The number of carbonyl (C=O) groups excluding carboxylic acids is 1. The third-order valence-corrected chi connectivity index (χ3v) is 3.58. The van der Waals surface area contributed by atoms with Gasteiger partial charge >= 0.3 is 5.97 Å². The number of hydrogen-bond donors (Lipinski definition) is 1. The van der Waals surface area contributed by atoms with E-state index in [1.165, 1.54) is 11.3 Å². The second kappa shape index (κ2) is 4.28. The molecule has 0 bridgehead atoms. The summed E-state index contributed by atoms with van der Waals surface area (Å²) in [5.41, 5.74) is 0. The number of rotatable bonds is 5. The number of carboxylic acid groups (broad SMARTS) is 1. The molecule has 0 spiro atoms. The van der Waals surface area contributed by atoms with Gasteiger partial charge in [0.25, 0.3) is 0 Å². The van der Waals surface area contributed by atoms with E-state index < -0.39 is 5.97 Å². The zero-order chi connectivity index (χ0) is 11.7. The average Bonchev–Trinajstić information content (AvgIpc) is 2.83. The SMILES string of the molecule is C=CCN(CC(=O)O)C(=O)C1CC2CC2C1. The molecule has 0 aromatic rings. The van der Waals surface area contributed by atoms with Gasteiger partial charge in [-0.25, -0.2) is 0 Å². The molecule has 2 unspecified atom stereocenters. The minimum absolute atomic E-state index is 0.00509. The van der Waals surface area contributed by atoms with E-state index in [1.54, 1.807) is 6.08 Å². The van der Waals surface area contributed by atoms with E-state index in [4.69, 9.17) is 5.11 Å². The maximum atomic E-state index is 12.1. The zero-order valence-corrected chi connectivity index (χ0v) is 9.26. The van der Waals surface area contributed by atoms with Gasteiger partial charge in [-0.1, -0.05) is 6.08 Å². The van der Waals surface area contributed by atoms with Crippen LogP contribution in [0.4, 0.5) is 0 Å². The fraction of sp³-hybridized carbons (Fsp3) is 0.667. The Morgan fingerprint density at radius 2 is 1.94 bits per heavy atom. The molecule has 1 amide bonds. The lowest BCUT2D eigenvalue weighted by Gasteiger charge is -2.23. The normalized spacial score (nSPS) is 30.6. The van der Waals surface area contributed by atoms with Gasteiger partial charge in [-0.2, -0.15) is 0 Å². The minimum Gasteiger partial charge on any atom is -0.480 e. The molecule has 0 heterocycles. The number of hydrogen-bond acceptors (Lipinski definition) is 2. The molecule has 0 aliphatic heterocycles. The lowest BCUT2D eigenvalue weighted by Crippen LogP contribution is -2.39. The molecule has 1 N–H and O–H groups in total. The van der Waals surface area contributed by atoms with Crippen LogP contribution in [0, 0.1) is 17.8 Å². The molecule has 2 saturated carbocycles. The van der Waals surface area contributed by atoms with Gasteiger partial charge in [-0.15, -0.1) is 6.58 Å². The van der Waals surface area contributed by atoms with Crippen LogP contribution in [0.5, 0.6) is 0 Å². The van der Waals surface area contributed by atoms with Crippen LogP contribution in [0.1, 0.15) is 19.3 Å². The highest BCUT2D eigenvalue weighted by Gasteiger charge is 2.48. The number of fused-ring (bicyclic) bond motifs is 1. The molecule has 2 aliphatic rings. The molecular formula is C12H17NO3. The van der Waals surface area contributed by atoms with E-state index in [0.29, 0.717) is 6.54 Å². The van der Waals surface area contributed by atoms with Crippen molar-refractivity contribution in [1.82, 2.24) is 4.90 Å². The first-order valence-corrected chi connectivity index (χ1v) is 5.73. The Morgan fingerprint density at radius 3 is 2.44 bits per heavy atom. The fourth-order valence-electron chi connectivity index (χ4n) is 2.73. The van der Waals surface area contributed by atoms with E-state index in [1.807, 2.05) is 0 Å². The van der Waals surface area contributed by atoms with Crippen molar-refractivity contribution in [3.05, 3.63) is 12.7 Å². The third kappa shape index (κ3) is 2.26. The molecule has 0 saturated heterocycles. The van der Waals surface area contributed by atoms with Crippen molar-refractivity contribution >= 4 is 11.9 Å². The highest BCUT2D eigenvalue weighted by Crippen LogP contribution is 2.54.